The summed E-state index contributed by atoms with van der Waals surface area (Å²) in [6.45, 7) is 6.80. The first-order valence-corrected chi connectivity index (χ1v) is 7.86. The van der Waals surface area contributed by atoms with Crippen LogP contribution in [-0.4, -0.2) is 41.5 Å². The van der Waals surface area contributed by atoms with Crippen molar-refractivity contribution in [3.05, 3.63) is 29.8 Å². The van der Waals surface area contributed by atoms with Crippen molar-refractivity contribution in [2.45, 2.75) is 45.3 Å². The molecule has 1 atom stereocenters. The Morgan fingerprint density at radius 2 is 2.09 bits per heavy atom. The van der Waals surface area contributed by atoms with Gasteiger partial charge in [0.2, 0.25) is 5.91 Å². The molecule has 1 amide bonds. The molecule has 0 radical (unpaired) electrons. The highest BCUT2D eigenvalue weighted by molar-refractivity contribution is 6.05. The predicted molar refractivity (Wildman–Crippen MR) is 89.6 cm³/mol. The number of amides is 1. The van der Waals surface area contributed by atoms with Gasteiger partial charge in [0.1, 0.15) is 18.5 Å². The van der Waals surface area contributed by atoms with E-state index in [-0.39, 0.29) is 18.1 Å². The number of hydrogen-bond donors (Lipinski definition) is 3. The third-order valence-electron chi connectivity index (χ3n) is 3.40. The van der Waals surface area contributed by atoms with Crippen molar-refractivity contribution < 1.29 is 14.6 Å². The Morgan fingerprint density at radius 1 is 1.35 bits per heavy atom. The van der Waals surface area contributed by atoms with Crippen LogP contribution in [0.1, 0.15) is 39.2 Å². The first-order valence-electron chi connectivity index (χ1n) is 7.86. The average molecular weight is 319 g/mol. The number of aliphatic hydroxyl groups is 1. The minimum atomic E-state index is -0.602. The van der Waals surface area contributed by atoms with Crippen LogP contribution in [0.2, 0.25) is 0 Å². The Balaban J connectivity index is 1.97. The summed E-state index contributed by atoms with van der Waals surface area (Å²) in [6, 6.07) is 7.53. The lowest BCUT2D eigenvalue weighted by molar-refractivity contribution is -0.121. The van der Waals surface area contributed by atoms with E-state index in [9.17, 15) is 9.90 Å². The molecule has 1 aliphatic rings. The first-order chi connectivity index (χ1) is 10.8. The number of para-hydroxylation sites is 1. The first kappa shape index (κ1) is 17.4. The van der Waals surface area contributed by atoms with Crippen LogP contribution in [0.4, 0.5) is 0 Å². The summed E-state index contributed by atoms with van der Waals surface area (Å²) in [7, 11) is 0. The van der Waals surface area contributed by atoms with Crippen molar-refractivity contribution in [3.63, 3.8) is 0 Å². The van der Waals surface area contributed by atoms with Crippen molar-refractivity contribution in [1.82, 2.24) is 10.7 Å². The van der Waals surface area contributed by atoms with Gasteiger partial charge in [-0.1, -0.05) is 12.1 Å². The summed E-state index contributed by atoms with van der Waals surface area (Å²) in [5.74, 6) is 0.591. The number of rotatable bonds is 6. The van der Waals surface area contributed by atoms with Crippen LogP contribution < -0.4 is 15.5 Å². The van der Waals surface area contributed by atoms with Gasteiger partial charge in [-0.05, 0) is 32.9 Å². The molecule has 0 aromatic heterocycles. The van der Waals surface area contributed by atoms with Crippen molar-refractivity contribution in [2.75, 3.05) is 13.2 Å². The van der Waals surface area contributed by atoms with Gasteiger partial charge in [-0.2, -0.15) is 5.10 Å². The zero-order valence-corrected chi connectivity index (χ0v) is 13.9. The highest BCUT2D eigenvalue weighted by atomic mass is 16.5. The lowest BCUT2D eigenvalue weighted by Crippen LogP contribution is -2.42. The number of carbonyl (C=O) groups is 1. The lowest BCUT2D eigenvalue weighted by atomic mass is 10.0. The fourth-order valence-corrected chi connectivity index (χ4v) is 2.17. The quantitative estimate of drug-likeness (QED) is 0.741. The van der Waals surface area contributed by atoms with Crippen molar-refractivity contribution in [2.24, 2.45) is 5.10 Å². The number of aliphatic hydroxyl groups excluding tert-OH is 1. The van der Waals surface area contributed by atoms with E-state index in [0.717, 1.165) is 11.3 Å². The van der Waals surface area contributed by atoms with Gasteiger partial charge in [0.15, 0.2) is 0 Å². The second-order valence-corrected chi connectivity index (χ2v) is 6.69. The number of ether oxygens (including phenoxy) is 1. The minimum Gasteiger partial charge on any atom is -0.490 e. The molecule has 0 saturated carbocycles. The summed E-state index contributed by atoms with van der Waals surface area (Å²) in [5, 5.41) is 17.4. The minimum absolute atomic E-state index is 0.0477. The van der Waals surface area contributed by atoms with Gasteiger partial charge in [-0.25, -0.2) is 5.43 Å². The zero-order valence-electron chi connectivity index (χ0n) is 13.9. The summed E-state index contributed by atoms with van der Waals surface area (Å²) in [4.78, 5) is 11.2. The number of benzene rings is 1. The fraction of sp³-hybridized carbons (Fsp3) is 0.529. The molecule has 1 aromatic carbocycles. The summed E-state index contributed by atoms with van der Waals surface area (Å²) >= 11 is 0. The van der Waals surface area contributed by atoms with Crippen LogP contribution in [0.25, 0.3) is 0 Å². The maximum absolute atomic E-state index is 11.2. The lowest BCUT2D eigenvalue weighted by Gasteiger charge is -2.23. The number of β-amino-alcohol motifs (C(OH)–C–C–N with tert-alkyl or cyclic N) is 1. The SMILES string of the molecule is CC(C)(C)NCC(O)COc1ccccc1C1=NNC(=O)CC1. The largest absolute Gasteiger partial charge is 0.490 e. The molecule has 1 aromatic rings. The molecule has 126 valence electrons. The van der Waals surface area contributed by atoms with Crippen LogP contribution in [0.15, 0.2) is 29.4 Å². The number of nitrogens with zero attached hydrogens (tertiary/aromatic N) is 1. The standard InChI is InChI=1S/C17H25N3O3/c1-17(2,3)18-10-12(21)11-23-15-7-5-4-6-13(15)14-8-9-16(22)20-19-14/h4-7,12,18,21H,8-11H2,1-3H3,(H,20,22). The summed E-state index contributed by atoms with van der Waals surface area (Å²) in [6.07, 6.45) is 0.404. The third-order valence-corrected chi connectivity index (χ3v) is 3.40. The number of hydrazone groups is 1. The Bertz CT molecular complexity index is 579. The summed E-state index contributed by atoms with van der Waals surface area (Å²) in [5.41, 5.74) is 4.09. The predicted octanol–water partition coefficient (Wildman–Crippen LogP) is 1.43. The van der Waals surface area contributed by atoms with E-state index < -0.39 is 6.10 Å². The number of nitrogens with one attached hydrogen (secondary N) is 2. The molecular weight excluding hydrogens is 294 g/mol. The highest BCUT2D eigenvalue weighted by Crippen LogP contribution is 2.22. The number of carbonyl (C=O) groups excluding carboxylic acids is 1. The Hall–Kier alpha value is -1.92. The van der Waals surface area contributed by atoms with Gasteiger partial charge in [0.25, 0.3) is 0 Å². The van der Waals surface area contributed by atoms with Crippen molar-refractivity contribution >= 4 is 11.6 Å². The second-order valence-electron chi connectivity index (χ2n) is 6.69. The van der Waals surface area contributed by atoms with E-state index in [2.05, 4.69) is 15.8 Å². The van der Waals surface area contributed by atoms with E-state index in [0.29, 0.717) is 25.1 Å². The van der Waals surface area contributed by atoms with Gasteiger partial charge < -0.3 is 15.2 Å². The Kier molecular flexibility index (Phi) is 5.74. The highest BCUT2D eigenvalue weighted by Gasteiger charge is 2.18. The Labute approximate surface area is 136 Å². The molecule has 1 aliphatic heterocycles. The summed E-state index contributed by atoms with van der Waals surface area (Å²) < 4.78 is 5.76. The normalized spacial score (nSPS) is 16.5. The van der Waals surface area contributed by atoms with Gasteiger partial charge in [0.05, 0.1) is 5.71 Å². The molecule has 0 saturated heterocycles. The molecule has 6 heteroatoms. The van der Waals surface area contributed by atoms with Crippen LogP contribution in [0.3, 0.4) is 0 Å². The molecular formula is C17H25N3O3. The number of hydrogen-bond acceptors (Lipinski definition) is 5. The van der Waals surface area contributed by atoms with Gasteiger partial charge in [0, 0.05) is 30.5 Å². The molecule has 0 fully saturated rings. The van der Waals surface area contributed by atoms with Crippen LogP contribution in [-0.2, 0) is 4.79 Å². The molecule has 6 nitrogen and oxygen atoms in total. The van der Waals surface area contributed by atoms with Gasteiger partial charge in [-0.3, -0.25) is 4.79 Å². The van der Waals surface area contributed by atoms with Gasteiger partial charge >= 0.3 is 0 Å². The van der Waals surface area contributed by atoms with E-state index >= 15 is 0 Å². The van der Waals surface area contributed by atoms with Crippen molar-refractivity contribution in [1.29, 1.82) is 0 Å². The Morgan fingerprint density at radius 3 is 2.74 bits per heavy atom. The topological polar surface area (TPSA) is 82.9 Å². The average Bonchev–Trinajstić information content (AvgIpc) is 2.51. The molecule has 0 bridgehead atoms. The van der Waals surface area contributed by atoms with E-state index in [1.165, 1.54) is 0 Å². The zero-order chi connectivity index (χ0) is 16.9. The third kappa shape index (κ3) is 5.65. The van der Waals surface area contributed by atoms with Crippen molar-refractivity contribution in [3.8, 4) is 5.75 Å². The smallest absolute Gasteiger partial charge is 0.240 e. The molecule has 3 N–H and O–H groups in total. The van der Waals surface area contributed by atoms with Crippen LogP contribution in [0, 0.1) is 0 Å². The molecule has 2 rings (SSSR count). The monoisotopic (exact) mass is 319 g/mol. The molecule has 1 unspecified atom stereocenters. The molecule has 1 heterocycles. The van der Waals surface area contributed by atoms with Gasteiger partial charge in [-0.15, -0.1) is 0 Å². The van der Waals surface area contributed by atoms with Crippen LogP contribution >= 0.6 is 0 Å². The van der Waals surface area contributed by atoms with E-state index in [1.54, 1.807) is 0 Å². The molecule has 23 heavy (non-hydrogen) atoms. The molecule has 0 spiro atoms. The fourth-order valence-electron chi connectivity index (χ4n) is 2.17. The maximum Gasteiger partial charge on any atom is 0.240 e. The van der Waals surface area contributed by atoms with E-state index in [4.69, 9.17) is 4.74 Å². The maximum atomic E-state index is 11.2. The van der Waals surface area contributed by atoms with Crippen LogP contribution in [0.5, 0.6) is 5.75 Å². The second kappa shape index (κ2) is 7.57. The molecule has 0 aliphatic carbocycles. The van der Waals surface area contributed by atoms with E-state index in [1.807, 2.05) is 45.0 Å².